The molecule has 0 spiro atoms. The third kappa shape index (κ3) is 4.93. The molecule has 0 saturated heterocycles. The lowest BCUT2D eigenvalue weighted by atomic mass is 10.1. The van der Waals surface area contributed by atoms with E-state index in [-0.39, 0.29) is 10.7 Å². The summed E-state index contributed by atoms with van der Waals surface area (Å²) < 4.78 is 39.5. The summed E-state index contributed by atoms with van der Waals surface area (Å²) in [6, 6.07) is 7.40. The van der Waals surface area contributed by atoms with Crippen LogP contribution < -0.4 is 5.32 Å². The van der Waals surface area contributed by atoms with E-state index < -0.39 is 28.5 Å². The van der Waals surface area contributed by atoms with E-state index in [0.717, 1.165) is 17.8 Å². The van der Waals surface area contributed by atoms with E-state index in [1.54, 1.807) is 31.2 Å². The molecule has 2 rings (SSSR count). The molecule has 0 aliphatic carbocycles. The van der Waals surface area contributed by atoms with E-state index in [1.165, 1.54) is 13.8 Å². The van der Waals surface area contributed by atoms with Gasteiger partial charge in [0.15, 0.2) is 0 Å². The summed E-state index contributed by atoms with van der Waals surface area (Å²) in [6.07, 6.45) is -4.68. The summed E-state index contributed by atoms with van der Waals surface area (Å²) in [5.41, 5.74) is -0.346. The van der Waals surface area contributed by atoms with Gasteiger partial charge in [0.05, 0.1) is 16.4 Å². The average Bonchev–Trinajstić information content (AvgIpc) is 2.57. The number of aryl methyl sites for hydroxylation is 1. The van der Waals surface area contributed by atoms with Crippen LogP contribution in [0.5, 0.6) is 0 Å². The van der Waals surface area contributed by atoms with Crippen LogP contribution in [-0.2, 0) is 11.0 Å². The van der Waals surface area contributed by atoms with Gasteiger partial charge in [-0.25, -0.2) is 4.98 Å². The number of thioether (sulfide) groups is 1. The number of benzene rings is 1. The van der Waals surface area contributed by atoms with Crippen molar-refractivity contribution >= 4 is 35.0 Å². The molecule has 1 heterocycles. The SMILES string of the molecule is Cc1cc(C(F)(F)F)c(C#N)c(SC(C)C(=O)Nc2cccc(Cl)c2C)n1. The topological polar surface area (TPSA) is 65.8 Å². The number of nitrogens with zero attached hydrogens (tertiary/aromatic N) is 2. The molecule has 4 nitrogen and oxygen atoms in total. The van der Waals surface area contributed by atoms with Gasteiger partial charge in [0, 0.05) is 16.4 Å². The standard InChI is InChI=1S/C18H15ClF3N3OS/c1-9-7-13(18(20,21)22)12(8-23)17(24-9)27-11(3)16(26)25-15-6-4-5-14(19)10(15)2/h4-7,11H,1-3H3,(H,25,26). The Balaban J connectivity index is 2.28. The van der Waals surface area contributed by atoms with Crippen molar-refractivity contribution in [3.63, 3.8) is 0 Å². The third-order valence-electron chi connectivity index (χ3n) is 3.71. The molecular formula is C18H15ClF3N3OS. The maximum Gasteiger partial charge on any atom is 0.417 e. The zero-order valence-corrected chi connectivity index (χ0v) is 16.2. The third-order valence-corrected chi connectivity index (χ3v) is 5.21. The quantitative estimate of drug-likeness (QED) is 0.685. The number of aromatic nitrogens is 1. The molecule has 1 amide bonds. The summed E-state index contributed by atoms with van der Waals surface area (Å²) in [4.78, 5) is 16.5. The van der Waals surface area contributed by atoms with Gasteiger partial charge >= 0.3 is 6.18 Å². The van der Waals surface area contributed by atoms with Gasteiger partial charge in [-0.2, -0.15) is 18.4 Å². The Morgan fingerprint density at radius 2 is 2.04 bits per heavy atom. The summed E-state index contributed by atoms with van der Waals surface area (Å²) >= 11 is 6.81. The smallest absolute Gasteiger partial charge is 0.325 e. The van der Waals surface area contributed by atoms with Gasteiger partial charge in [-0.15, -0.1) is 0 Å². The number of pyridine rings is 1. The highest BCUT2D eigenvalue weighted by Gasteiger charge is 2.36. The first-order chi connectivity index (χ1) is 12.5. The summed E-state index contributed by atoms with van der Waals surface area (Å²) in [5.74, 6) is -0.439. The fraction of sp³-hybridized carbons (Fsp3) is 0.278. The van der Waals surface area contributed by atoms with Crippen LogP contribution in [0, 0.1) is 25.2 Å². The molecule has 0 aliphatic rings. The van der Waals surface area contributed by atoms with Crippen molar-refractivity contribution in [3.05, 3.63) is 51.7 Å². The first-order valence-corrected chi connectivity index (χ1v) is 9.02. The average molecular weight is 414 g/mol. The lowest BCUT2D eigenvalue weighted by Crippen LogP contribution is -2.23. The molecule has 1 aromatic carbocycles. The largest absolute Gasteiger partial charge is 0.417 e. The van der Waals surface area contributed by atoms with Gasteiger partial charge in [0.2, 0.25) is 5.91 Å². The zero-order valence-electron chi connectivity index (χ0n) is 14.6. The Labute approximate surface area is 163 Å². The summed E-state index contributed by atoms with van der Waals surface area (Å²) in [5, 5.41) is 11.4. The molecule has 0 fully saturated rings. The second-order valence-electron chi connectivity index (χ2n) is 5.76. The number of amides is 1. The maximum atomic E-state index is 13.2. The Morgan fingerprint density at radius 1 is 1.37 bits per heavy atom. The number of carbonyl (C=O) groups excluding carboxylic acids is 1. The molecule has 0 radical (unpaired) electrons. The number of anilines is 1. The summed E-state index contributed by atoms with van der Waals surface area (Å²) in [6.45, 7) is 4.67. The number of hydrogen-bond donors (Lipinski definition) is 1. The highest BCUT2D eigenvalue weighted by Crippen LogP contribution is 2.37. The zero-order chi connectivity index (χ0) is 20.4. The van der Waals surface area contributed by atoms with Crippen molar-refractivity contribution < 1.29 is 18.0 Å². The van der Waals surface area contributed by atoms with Crippen molar-refractivity contribution in [1.29, 1.82) is 5.26 Å². The second kappa shape index (κ2) is 8.19. The first-order valence-electron chi connectivity index (χ1n) is 7.76. The number of nitrogens with one attached hydrogen (secondary N) is 1. The normalized spacial score (nSPS) is 12.4. The van der Waals surface area contributed by atoms with Crippen molar-refractivity contribution in [2.45, 2.75) is 37.2 Å². The van der Waals surface area contributed by atoms with Crippen molar-refractivity contribution in [3.8, 4) is 6.07 Å². The minimum atomic E-state index is -4.68. The van der Waals surface area contributed by atoms with Gasteiger partial charge in [-0.3, -0.25) is 4.79 Å². The number of hydrogen-bond acceptors (Lipinski definition) is 4. The predicted molar refractivity (Wildman–Crippen MR) is 98.8 cm³/mol. The highest BCUT2D eigenvalue weighted by atomic mass is 35.5. The molecule has 0 aliphatic heterocycles. The van der Waals surface area contributed by atoms with Crippen LogP contribution in [0.1, 0.15) is 29.3 Å². The van der Waals surface area contributed by atoms with Crippen LogP contribution in [-0.4, -0.2) is 16.1 Å². The van der Waals surface area contributed by atoms with Crippen molar-refractivity contribution in [2.24, 2.45) is 0 Å². The Hall–Kier alpha value is -2.24. The molecule has 27 heavy (non-hydrogen) atoms. The number of rotatable bonds is 4. The molecule has 1 unspecified atom stereocenters. The highest BCUT2D eigenvalue weighted by molar-refractivity contribution is 8.00. The van der Waals surface area contributed by atoms with Crippen LogP contribution in [0.2, 0.25) is 5.02 Å². The van der Waals surface area contributed by atoms with Gasteiger partial charge in [-0.1, -0.05) is 29.4 Å². The summed E-state index contributed by atoms with van der Waals surface area (Å²) in [7, 11) is 0. The fourth-order valence-electron chi connectivity index (χ4n) is 2.26. The Kier molecular flexibility index (Phi) is 6.39. The van der Waals surface area contributed by atoms with Gasteiger partial charge in [0.25, 0.3) is 0 Å². The van der Waals surface area contributed by atoms with Crippen LogP contribution in [0.4, 0.5) is 18.9 Å². The minimum absolute atomic E-state index is 0.113. The van der Waals surface area contributed by atoms with E-state index in [4.69, 9.17) is 11.6 Å². The van der Waals surface area contributed by atoms with Crippen LogP contribution in [0.15, 0.2) is 29.3 Å². The van der Waals surface area contributed by atoms with Crippen LogP contribution in [0.3, 0.4) is 0 Å². The van der Waals surface area contributed by atoms with Crippen molar-refractivity contribution in [2.75, 3.05) is 5.32 Å². The maximum absolute atomic E-state index is 13.2. The molecule has 1 atom stereocenters. The molecule has 0 saturated carbocycles. The molecule has 0 bridgehead atoms. The fourth-order valence-corrected chi connectivity index (χ4v) is 3.41. The molecule has 9 heteroatoms. The van der Waals surface area contributed by atoms with E-state index in [2.05, 4.69) is 10.3 Å². The van der Waals surface area contributed by atoms with Gasteiger partial charge < -0.3 is 5.32 Å². The second-order valence-corrected chi connectivity index (χ2v) is 7.50. The van der Waals surface area contributed by atoms with Crippen LogP contribution >= 0.6 is 23.4 Å². The van der Waals surface area contributed by atoms with E-state index in [9.17, 15) is 23.2 Å². The lowest BCUT2D eigenvalue weighted by molar-refractivity contribution is -0.138. The minimum Gasteiger partial charge on any atom is -0.325 e. The number of nitriles is 1. The van der Waals surface area contributed by atoms with Crippen molar-refractivity contribution in [1.82, 2.24) is 4.98 Å². The predicted octanol–water partition coefficient (Wildman–Crippen LogP) is 5.36. The molecule has 2 aromatic rings. The number of carbonyl (C=O) groups is 1. The first kappa shape index (κ1) is 21.1. The molecular weight excluding hydrogens is 399 g/mol. The van der Waals surface area contributed by atoms with Crippen LogP contribution in [0.25, 0.3) is 0 Å². The Bertz CT molecular complexity index is 925. The van der Waals surface area contributed by atoms with E-state index in [1.807, 2.05) is 0 Å². The monoisotopic (exact) mass is 413 g/mol. The van der Waals surface area contributed by atoms with Gasteiger partial charge in [0.1, 0.15) is 11.1 Å². The van der Waals surface area contributed by atoms with Gasteiger partial charge in [-0.05, 0) is 44.5 Å². The number of alkyl halides is 3. The molecule has 1 N–H and O–H groups in total. The number of halogens is 4. The van der Waals surface area contributed by atoms with E-state index in [0.29, 0.717) is 16.3 Å². The Morgan fingerprint density at radius 3 is 2.63 bits per heavy atom. The van der Waals surface area contributed by atoms with E-state index >= 15 is 0 Å². The molecule has 1 aromatic heterocycles. The molecule has 142 valence electrons. The lowest BCUT2D eigenvalue weighted by Gasteiger charge is -2.16.